The second kappa shape index (κ2) is 11.1. The molecule has 0 aliphatic carbocycles. The number of anilines is 1. The number of carbonyl (C=O) groups is 1. The molecule has 1 fully saturated rings. The number of carbonyl (C=O) groups excluding carboxylic acids is 1. The summed E-state index contributed by atoms with van der Waals surface area (Å²) in [4.78, 5) is 37.7. The molecule has 8 nitrogen and oxygen atoms in total. The highest BCUT2D eigenvalue weighted by atomic mass is 35.5. The zero-order valence-electron chi connectivity index (χ0n) is 22.0. The van der Waals surface area contributed by atoms with Crippen LogP contribution >= 0.6 is 11.6 Å². The van der Waals surface area contributed by atoms with Gasteiger partial charge < -0.3 is 15.0 Å². The summed E-state index contributed by atoms with van der Waals surface area (Å²) in [5, 5.41) is 3.87. The van der Waals surface area contributed by atoms with Gasteiger partial charge in [0.05, 0.1) is 28.9 Å². The first kappa shape index (κ1) is 26.8. The number of fused-ring (bicyclic) bond motifs is 1. The Morgan fingerprint density at radius 3 is 2.51 bits per heavy atom. The van der Waals surface area contributed by atoms with Gasteiger partial charge in [-0.3, -0.25) is 0 Å². The van der Waals surface area contributed by atoms with Crippen molar-refractivity contribution in [1.29, 1.82) is 0 Å². The first-order chi connectivity index (χ1) is 18.9. The lowest BCUT2D eigenvalue weighted by atomic mass is 10.0. The van der Waals surface area contributed by atoms with E-state index in [4.69, 9.17) is 21.3 Å². The van der Waals surface area contributed by atoms with Gasteiger partial charge in [0.15, 0.2) is 5.65 Å². The van der Waals surface area contributed by atoms with Gasteiger partial charge in [0, 0.05) is 25.2 Å². The second-order valence-corrected chi connectivity index (χ2v) is 9.70. The summed E-state index contributed by atoms with van der Waals surface area (Å²) in [5.74, 6) is -0.650. The van der Waals surface area contributed by atoms with E-state index in [0.29, 0.717) is 43.5 Å². The maximum atomic E-state index is 14.9. The van der Waals surface area contributed by atoms with Gasteiger partial charge in [0.2, 0.25) is 0 Å². The SMILES string of the molecule is CCc1cccc(CC)c1-n1c(=O)nc(N2CCNC[C@@H]2C(=O)OC)c2cc(Cl)c(-c3ccccc3F)nc21. The van der Waals surface area contributed by atoms with Crippen molar-refractivity contribution in [2.75, 3.05) is 31.6 Å². The molecule has 2 aromatic heterocycles. The molecule has 1 N–H and O–H groups in total. The number of pyridine rings is 1. The number of aromatic nitrogens is 3. The number of aryl methyl sites for hydroxylation is 2. The van der Waals surface area contributed by atoms with Crippen LogP contribution in [0, 0.1) is 5.82 Å². The van der Waals surface area contributed by atoms with E-state index in [9.17, 15) is 14.0 Å². The van der Waals surface area contributed by atoms with E-state index < -0.39 is 23.5 Å². The molecule has 4 aromatic rings. The molecule has 1 aliphatic rings. The molecule has 1 aliphatic heterocycles. The fourth-order valence-electron chi connectivity index (χ4n) is 5.17. The van der Waals surface area contributed by atoms with Crippen molar-refractivity contribution in [2.24, 2.45) is 0 Å². The van der Waals surface area contributed by atoms with Gasteiger partial charge in [-0.05, 0) is 42.2 Å². The zero-order valence-corrected chi connectivity index (χ0v) is 22.8. The molecule has 0 bridgehead atoms. The first-order valence-corrected chi connectivity index (χ1v) is 13.3. The van der Waals surface area contributed by atoms with Crippen LogP contribution < -0.4 is 15.9 Å². The van der Waals surface area contributed by atoms with Crippen LogP contribution in [-0.4, -0.2) is 53.3 Å². The average molecular weight is 550 g/mol. The fraction of sp³-hybridized carbons (Fsp3) is 0.310. The number of nitrogens with zero attached hydrogens (tertiary/aromatic N) is 4. The maximum Gasteiger partial charge on any atom is 0.355 e. The number of piperazine rings is 1. The highest BCUT2D eigenvalue weighted by molar-refractivity contribution is 6.33. The number of ether oxygens (including phenoxy) is 1. The summed E-state index contributed by atoms with van der Waals surface area (Å²) in [6.07, 6.45) is 1.35. The summed E-state index contributed by atoms with van der Waals surface area (Å²) in [6.45, 7) is 5.34. The average Bonchev–Trinajstić information content (AvgIpc) is 2.96. The lowest BCUT2D eigenvalue weighted by Crippen LogP contribution is -2.56. The third-order valence-corrected chi connectivity index (χ3v) is 7.40. The van der Waals surface area contributed by atoms with Crippen LogP contribution in [0.15, 0.2) is 53.3 Å². The molecule has 39 heavy (non-hydrogen) atoms. The Balaban J connectivity index is 1.89. The number of hydrogen-bond acceptors (Lipinski definition) is 7. The van der Waals surface area contributed by atoms with Crippen molar-refractivity contribution < 1.29 is 13.9 Å². The standard InChI is InChI=1S/C29H29ClFN5O3/c1-4-17-9-8-10-18(5-2)25(17)36-27-20(15-21(30)24(33-27)19-11-6-7-12-22(19)31)26(34-29(36)38)35-14-13-32-16-23(35)28(37)39-3/h6-12,15,23,32H,4-5,13-14,16H2,1-3H3/t23-/m1/s1. The van der Waals surface area contributed by atoms with Crippen LogP contribution in [0.3, 0.4) is 0 Å². The quantitative estimate of drug-likeness (QED) is 0.358. The van der Waals surface area contributed by atoms with Crippen LogP contribution in [-0.2, 0) is 22.4 Å². The number of hydrogen-bond donors (Lipinski definition) is 1. The number of methoxy groups -OCH3 is 1. The van der Waals surface area contributed by atoms with Crippen molar-refractivity contribution in [1.82, 2.24) is 19.9 Å². The Bertz CT molecular complexity index is 1600. The van der Waals surface area contributed by atoms with Crippen molar-refractivity contribution in [2.45, 2.75) is 32.7 Å². The fourth-order valence-corrected chi connectivity index (χ4v) is 5.43. The highest BCUT2D eigenvalue weighted by Crippen LogP contribution is 2.35. The highest BCUT2D eigenvalue weighted by Gasteiger charge is 2.33. The van der Waals surface area contributed by atoms with Gasteiger partial charge >= 0.3 is 11.7 Å². The molecular weight excluding hydrogens is 521 g/mol. The molecule has 0 saturated carbocycles. The molecule has 202 valence electrons. The Morgan fingerprint density at radius 1 is 1.13 bits per heavy atom. The number of para-hydroxylation sites is 1. The van der Waals surface area contributed by atoms with Crippen molar-refractivity contribution in [3.8, 4) is 16.9 Å². The molecular formula is C29H29ClFN5O3. The molecule has 0 radical (unpaired) electrons. The van der Waals surface area contributed by atoms with E-state index in [2.05, 4.69) is 10.3 Å². The van der Waals surface area contributed by atoms with E-state index in [-0.39, 0.29) is 27.7 Å². The molecule has 0 unspecified atom stereocenters. The third kappa shape index (κ3) is 4.77. The summed E-state index contributed by atoms with van der Waals surface area (Å²) in [6, 6.07) is 13.1. The molecule has 0 amide bonds. The molecule has 1 saturated heterocycles. The van der Waals surface area contributed by atoms with E-state index in [1.165, 1.54) is 17.7 Å². The van der Waals surface area contributed by atoms with Gasteiger partial charge in [-0.25, -0.2) is 23.5 Å². The number of rotatable bonds is 6. The number of benzene rings is 2. The Kier molecular flexibility index (Phi) is 7.63. The molecule has 5 rings (SSSR count). The molecule has 1 atom stereocenters. The zero-order chi connectivity index (χ0) is 27.7. The minimum atomic E-state index is -0.700. The minimum Gasteiger partial charge on any atom is -0.467 e. The second-order valence-electron chi connectivity index (χ2n) is 9.29. The minimum absolute atomic E-state index is 0.199. The largest absolute Gasteiger partial charge is 0.467 e. The first-order valence-electron chi connectivity index (χ1n) is 12.9. The maximum absolute atomic E-state index is 14.9. The summed E-state index contributed by atoms with van der Waals surface area (Å²) in [5.41, 5.74) is 2.77. The van der Waals surface area contributed by atoms with Gasteiger partial charge in [0.25, 0.3) is 0 Å². The van der Waals surface area contributed by atoms with Crippen LogP contribution in [0.4, 0.5) is 10.2 Å². The van der Waals surface area contributed by atoms with Crippen molar-refractivity contribution >= 4 is 34.4 Å². The Morgan fingerprint density at radius 2 is 1.85 bits per heavy atom. The smallest absolute Gasteiger partial charge is 0.355 e. The predicted octanol–water partition coefficient (Wildman–Crippen LogP) is 4.32. The summed E-state index contributed by atoms with van der Waals surface area (Å²) in [7, 11) is 1.33. The van der Waals surface area contributed by atoms with E-state index in [1.807, 2.05) is 32.0 Å². The van der Waals surface area contributed by atoms with Gasteiger partial charge in [-0.1, -0.05) is 55.8 Å². The van der Waals surface area contributed by atoms with Crippen LogP contribution in [0.25, 0.3) is 28.0 Å². The lowest BCUT2D eigenvalue weighted by Gasteiger charge is -2.35. The molecule has 2 aromatic carbocycles. The van der Waals surface area contributed by atoms with Crippen LogP contribution in [0.2, 0.25) is 5.02 Å². The van der Waals surface area contributed by atoms with Gasteiger partial charge in [-0.15, -0.1) is 0 Å². The van der Waals surface area contributed by atoms with Gasteiger partial charge in [0.1, 0.15) is 17.7 Å². The van der Waals surface area contributed by atoms with Crippen LogP contribution in [0.1, 0.15) is 25.0 Å². The molecule has 10 heteroatoms. The van der Waals surface area contributed by atoms with Crippen molar-refractivity contribution in [3.63, 3.8) is 0 Å². The topological polar surface area (TPSA) is 89.4 Å². The van der Waals surface area contributed by atoms with E-state index in [1.54, 1.807) is 29.2 Å². The lowest BCUT2D eigenvalue weighted by molar-refractivity contribution is -0.142. The number of halogens is 2. The van der Waals surface area contributed by atoms with Gasteiger partial charge in [-0.2, -0.15) is 4.98 Å². The van der Waals surface area contributed by atoms with Crippen molar-refractivity contribution in [3.05, 3.63) is 81.0 Å². The summed E-state index contributed by atoms with van der Waals surface area (Å²) < 4.78 is 21.4. The van der Waals surface area contributed by atoms with E-state index >= 15 is 0 Å². The Labute approximate surface area is 230 Å². The Hall–Kier alpha value is -3.82. The number of esters is 1. The molecule has 3 heterocycles. The predicted molar refractivity (Wildman–Crippen MR) is 150 cm³/mol. The summed E-state index contributed by atoms with van der Waals surface area (Å²) >= 11 is 6.74. The normalized spacial score (nSPS) is 15.5. The van der Waals surface area contributed by atoms with E-state index in [0.717, 1.165) is 11.1 Å². The number of nitrogens with one attached hydrogen (secondary N) is 1. The monoisotopic (exact) mass is 549 g/mol. The van der Waals surface area contributed by atoms with Crippen LogP contribution in [0.5, 0.6) is 0 Å². The third-order valence-electron chi connectivity index (χ3n) is 7.11. The molecule has 0 spiro atoms.